The topological polar surface area (TPSA) is 20.2 Å². The molecule has 2 atom stereocenters. The molecular weight excluding hydrogens is 180 g/mol. The molecule has 0 spiro atoms. The van der Waals surface area contributed by atoms with Crippen molar-refractivity contribution in [2.75, 3.05) is 6.26 Å². The van der Waals surface area contributed by atoms with Crippen LogP contribution in [0.5, 0.6) is 0 Å². The first kappa shape index (κ1) is 13.3. The van der Waals surface area contributed by atoms with Crippen LogP contribution in [0.1, 0.15) is 52.9 Å². The van der Waals surface area contributed by atoms with Crippen molar-refractivity contribution in [3.05, 3.63) is 0 Å². The van der Waals surface area contributed by atoms with Gasteiger partial charge < -0.3 is 5.11 Å². The Kier molecular flexibility index (Phi) is 6.88. The molecule has 1 saturated carbocycles. The summed E-state index contributed by atoms with van der Waals surface area (Å²) >= 11 is 1.81. The maximum Gasteiger partial charge on any atom is 0.0684 e. The summed E-state index contributed by atoms with van der Waals surface area (Å²) in [6.45, 7) is 6.42. The molecule has 2 heteroatoms. The first-order valence-corrected chi connectivity index (χ1v) is 6.56. The second-order valence-electron chi connectivity index (χ2n) is 3.99. The van der Waals surface area contributed by atoms with E-state index in [1.165, 1.54) is 25.7 Å². The Bertz CT molecular complexity index is 127. The predicted molar refractivity (Wildman–Crippen MR) is 62.4 cm³/mol. The number of thioether (sulfide) groups is 1. The van der Waals surface area contributed by atoms with Gasteiger partial charge in [0.25, 0.3) is 0 Å². The second kappa shape index (κ2) is 6.72. The summed E-state index contributed by atoms with van der Waals surface area (Å²) in [6.07, 6.45) is 7.93. The first-order chi connectivity index (χ1) is 6.10. The Labute approximate surface area is 87.3 Å². The summed E-state index contributed by atoms with van der Waals surface area (Å²) < 4.78 is 0.151. The van der Waals surface area contributed by atoms with Crippen molar-refractivity contribution in [1.82, 2.24) is 0 Å². The summed E-state index contributed by atoms with van der Waals surface area (Å²) in [5, 5.41) is 9.61. The van der Waals surface area contributed by atoms with Gasteiger partial charge in [-0.05, 0) is 26.0 Å². The van der Waals surface area contributed by atoms with E-state index >= 15 is 0 Å². The van der Waals surface area contributed by atoms with Gasteiger partial charge >= 0.3 is 0 Å². The molecule has 0 saturated heterocycles. The summed E-state index contributed by atoms with van der Waals surface area (Å²) in [7, 11) is 0. The van der Waals surface area contributed by atoms with Gasteiger partial charge in [-0.2, -0.15) is 11.8 Å². The molecule has 0 amide bonds. The molecule has 0 aromatic carbocycles. The molecular formula is C11H24OS. The fourth-order valence-corrected chi connectivity index (χ4v) is 2.26. The average molecular weight is 204 g/mol. The van der Waals surface area contributed by atoms with Crippen LogP contribution in [0, 0.1) is 0 Å². The van der Waals surface area contributed by atoms with E-state index in [0.717, 1.165) is 6.42 Å². The third-order valence-corrected chi connectivity index (χ3v) is 3.98. The Hall–Kier alpha value is 0.310. The lowest BCUT2D eigenvalue weighted by atomic mass is 9.87. The fourth-order valence-electron chi connectivity index (χ4n) is 1.52. The molecule has 0 bridgehead atoms. The van der Waals surface area contributed by atoms with Crippen LogP contribution in [0.3, 0.4) is 0 Å². The number of aliphatic hydroxyl groups is 1. The molecule has 0 aliphatic heterocycles. The number of hydrogen-bond donors (Lipinski definition) is 1. The summed E-state index contributed by atoms with van der Waals surface area (Å²) in [6, 6.07) is 0. The highest BCUT2D eigenvalue weighted by Crippen LogP contribution is 2.37. The Balaban J connectivity index is 0.000000424. The lowest BCUT2D eigenvalue weighted by Crippen LogP contribution is -2.38. The van der Waals surface area contributed by atoms with Gasteiger partial charge in [0.2, 0.25) is 0 Å². The minimum atomic E-state index is -0.0729. The molecule has 80 valence electrons. The van der Waals surface area contributed by atoms with Gasteiger partial charge in [-0.1, -0.05) is 33.1 Å². The van der Waals surface area contributed by atoms with Crippen LogP contribution >= 0.6 is 11.8 Å². The van der Waals surface area contributed by atoms with Crippen molar-refractivity contribution in [2.45, 2.75) is 63.7 Å². The van der Waals surface area contributed by atoms with Crippen LogP contribution in [0.4, 0.5) is 0 Å². The zero-order valence-corrected chi connectivity index (χ0v) is 10.3. The molecule has 0 aromatic rings. The molecule has 1 aliphatic rings. The van der Waals surface area contributed by atoms with E-state index < -0.39 is 0 Å². The van der Waals surface area contributed by atoms with Gasteiger partial charge in [0, 0.05) is 4.75 Å². The second-order valence-corrected chi connectivity index (χ2v) is 5.33. The molecule has 2 unspecified atom stereocenters. The molecule has 1 aliphatic carbocycles. The van der Waals surface area contributed by atoms with Crippen molar-refractivity contribution in [2.24, 2.45) is 0 Å². The maximum atomic E-state index is 9.61. The zero-order valence-electron chi connectivity index (χ0n) is 9.47. The first-order valence-electron chi connectivity index (χ1n) is 5.34. The highest BCUT2D eigenvalue weighted by atomic mass is 32.2. The van der Waals surface area contributed by atoms with Crippen LogP contribution < -0.4 is 0 Å². The molecule has 1 fully saturated rings. The standard InChI is InChI=1S/C8H16OS.C3H8/c1-8(10-2)6-4-3-5-7(8)9;1-3-2/h7,9H,3-6H2,1-2H3;3H2,1-2H3. The molecule has 1 rings (SSSR count). The third kappa shape index (κ3) is 4.37. The monoisotopic (exact) mass is 204 g/mol. The lowest BCUT2D eigenvalue weighted by Gasteiger charge is -2.36. The van der Waals surface area contributed by atoms with Gasteiger partial charge in [0.05, 0.1) is 6.10 Å². The van der Waals surface area contributed by atoms with Crippen molar-refractivity contribution in [3.8, 4) is 0 Å². The largest absolute Gasteiger partial charge is 0.392 e. The number of hydrogen-bond acceptors (Lipinski definition) is 2. The van der Waals surface area contributed by atoms with E-state index in [4.69, 9.17) is 0 Å². The van der Waals surface area contributed by atoms with E-state index in [1.54, 1.807) is 11.8 Å². The normalized spacial score (nSPS) is 33.5. The van der Waals surface area contributed by atoms with Crippen LogP contribution in [-0.2, 0) is 0 Å². The molecule has 0 heterocycles. The van der Waals surface area contributed by atoms with E-state index in [0.29, 0.717) is 0 Å². The third-order valence-electron chi connectivity index (χ3n) is 2.57. The Morgan fingerprint density at radius 2 is 1.92 bits per heavy atom. The molecule has 0 aromatic heterocycles. The molecule has 1 nitrogen and oxygen atoms in total. The number of rotatable bonds is 1. The Morgan fingerprint density at radius 1 is 1.38 bits per heavy atom. The van der Waals surface area contributed by atoms with Gasteiger partial charge in [-0.25, -0.2) is 0 Å². The van der Waals surface area contributed by atoms with Crippen molar-refractivity contribution in [3.63, 3.8) is 0 Å². The summed E-state index contributed by atoms with van der Waals surface area (Å²) in [5.74, 6) is 0. The predicted octanol–water partition coefficient (Wildman–Crippen LogP) is 3.46. The zero-order chi connectivity index (χ0) is 10.3. The van der Waals surface area contributed by atoms with E-state index in [9.17, 15) is 5.11 Å². The average Bonchev–Trinajstić information content (AvgIpc) is 2.12. The van der Waals surface area contributed by atoms with Gasteiger partial charge in [-0.15, -0.1) is 0 Å². The van der Waals surface area contributed by atoms with Crippen LogP contribution in [0.2, 0.25) is 0 Å². The minimum Gasteiger partial charge on any atom is -0.392 e. The highest BCUT2D eigenvalue weighted by molar-refractivity contribution is 8.00. The van der Waals surface area contributed by atoms with Gasteiger partial charge in [-0.3, -0.25) is 0 Å². The van der Waals surface area contributed by atoms with E-state index in [-0.39, 0.29) is 10.9 Å². The van der Waals surface area contributed by atoms with Gasteiger partial charge in [0.1, 0.15) is 0 Å². The Morgan fingerprint density at radius 3 is 2.23 bits per heavy atom. The van der Waals surface area contributed by atoms with Crippen LogP contribution in [0.25, 0.3) is 0 Å². The van der Waals surface area contributed by atoms with Crippen molar-refractivity contribution >= 4 is 11.8 Å². The SMILES string of the molecule is CCC.CSC1(C)CCCCC1O. The minimum absolute atomic E-state index is 0.0729. The van der Waals surface area contributed by atoms with Crippen LogP contribution in [-0.4, -0.2) is 22.2 Å². The van der Waals surface area contributed by atoms with E-state index in [1.807, 2.05) is 0 Å². The summed E-state index contributed by atoms with van der Waals surface area (Å²) in [5.41, 5.74) is 0. The van der Waals surface area contributed by atoms with Crippen LogP contribution in [0.15, 0.2) is 0 Å². The fraction of sp³-hybridized carbons (Fsp3) is 1.00. The van der Waals surface area contributed by atoms with Gasteiger partial charge in [0.15, 0.2) is 0 Å². The van der Waals surface area contributed by atoms with Crippen molar-refractivity contribution in [1.29, 1.82) is 0 Å². The maximum absolute atomic E-state index is 9.61. The highest BCUT2D eigenvalue weighted by Gasteiger charge is 2.34. The van der Waals surface area contributed by atoms with Crippen molar-refractivity contribution < 1.29 is 5.11 Å². The molecule has 1 N–H and O–H groups in total. The molecule has 0 radical (unpaired) electrons. The summed E-state index contributed by atoms with van der Waals surface area (Å²) in [4.78, 5) is 0. The van der Waals surface area contributed by atoms with E-state index in [2.05, 4.69) is 27.0 Å². The molecule has 13 heavy (non-hydrogen) atoms. The lowest BCUT2D eigenvalue weighted by molar-refractivity contribution is 0.0984. The quantitative estimate of drug-likeness (QED) is 0.706. The smallest absolute Gasteiger partial charge is 0.0684 e. The number of aliphatic hydroxyl groups excluding tert-OH is 1.